The molecule has 1 heterocycles. The molecule has 4 nitrogen and oxygen atoms in total. The Morgan fingerprint density at radius 1 is 1.09 bits per heavy atom. The number of halogens is 1. The highest BCUT2D eigenvalue weighted by atomic mass is 35.5. The molecule has 23 heavy (non-hydrogen) atoms. The van der Waals surface area contributed by atoms with Gasteiger partial charge in [0.25, 0.3) is 0 Å². The summed E-state index contributed by atoms with van der Waals surface area (Å²) in [6.45, 7) is 1.90. The lowest BCUT2D eigenvalue weighted by molar-refractivity contribution is 0.0601. The zero-order valence-electron chi connectivity index (χ0n) is 12.9. The number of anilines is 1. The molecule has 1 aliphatic rings. The van der Waals surface area contributed by atoms with Gasteiger partial charge in [0, 0.05) is 13.1 Å². The average Bonchev–Trinajstić information content (AvgIpc) is 3.11. The van der Waals surface area contributed by atoms with Crippen molar-refractivity contribution in [2.45, 2.75) is 12.8 Å². The first-order chi connectivity index (χ1) is 11.2. The molecule has 2 aromatic carbocycles. The zero-order chi connectivity index (χ0) is 16.2. The van der Waals surface area contributed by atoms with Crippen molar-refractivity contribution in [3.05, 3.63) is 53.1 Å². The number of rotatable bonds is 4. The number of para-hydroxylation sites is 1. The third kappa shape index (κ3) is 3.42. The standard InChI is InChI=1S/C18H18ClNO3/c1-22-18(21)13-8-9-17(15(12-13)20-10-4-5-11-20)23-16-7-3-2-6-14(16)19/h2-3,6-9,12H,4-5,10-11H2,1H3. The zero-order valence-corrected chi connectivity index (χ0v) is 13.7. The first kappa shape index (κ1) is 15.7. The molecule has 120 valence electrons. The Bertz CT molecular complexity index is 711. The van der Waals surface area contributed by atoms with Gasteiger partial charge >= 0.3 is 5.97 Å². The van der Waals surface area contributed by atoms with E-state index in [0.29, 0.717) is 22.1 Å². The topological polar surface area (TPSA) is 38.8 Å². The lowest BCUT2D eigenvalue weighted by Crippen LogP contribution is -2.19. The van der Waals surface area contributed by atoms with Crippen molar-refractivity contribution in [2.24, 2.45) is 0 Å². The molecule has 5 heteroatoms. The number of carbonyl (C=O) groups is 1. The molecule has 0 aromatic heterocycles. The van der Waals surface area contributed by atoms with Crippen molar-refractivity contribution in [3.8, 4) is 11.5 Å². The van der Waals surface area contributed by atoms with Crippen LogP contribution in [-0.4, -0.2) is 26.2 Å². The monoisotopic (exact) mass is 331 g/mol. The molecule has 0 atom stereocenters. The van der Waals surface area contributed by atoms with Crippen molar-refractivity contribution >= 4 is 23.3 Å². The van der Waals surface area contributed by atoms with Crippen LogP contribution in [0.2, 0.25) is 5.02 Å². The second kappa shape index (κ2) is 6.92. The van der Waals surface area contributed by atoms with E-state index in [1.165, 1.54) is 7.11 Å². The SMILES string of the molecule is COC(=O)c1ccc(Oc2ccccc2Cl)c(N2CCCC2)c1. The number of hydrogen-bond donors (Lipinski definition) is 0. The predicted molar refractivity (Wildman–Crippen MR) is 90.8 cm³/mol. The van der Waals surface area contributed by atoms with Crippen LogP contribution >= 0.6 is 11.6 Å². The Labute approximate surface area is 140 Å². The molecule has 0 radical (unpaired) electrons. The summed E-state index contributed by atoms with van der Waals surface area (Å²) in [5, 5.41) is 0.553. The van der Waals surface area contributed by atoms with E-state index in [0.717, 1.165) is 31.6 Å². The molecule has 1 saturated heterocycles. The van der Waals surface area contributed by atoms with E-state index in [9.17, 15) is 4.79 Å². The van der Waals surface area contributed by atoms with E-state index in [1.54, 1.807) is 18.2 Å². The van der Waals surface area contributed by atoms with Gasteiger partial charge in [-0.3, -0.25) is 0 Å². The predicted octanol–water partition coefficient (Wildman–Crippen LogP) is 4.52. The first-order valence-corrected chi connectivity index (χ1v) is 7.96. The molecule has 0 amide bonds. The molecule has 0 unspecified atom stereocenters. The van der Waals surface area contributed by atoms with Crippen molar-refractivity contribution in [1.29, 1.82) is 0 Å². The summed E-state index contributed by atoms with van der Waals surface area (Å²) >= 11 is 6.18. The Balaban J connectivity index is 1.98. The highest BCUT2D eigenvalue weighted by Crippen LogP contribution is 2.37. The minimum Gasteiger partial charge on any atom is -0.465 e. The number of carbonyl (C=O) groups excluding carboxylic acids is 1. The fraction of sp³-hybridized carbons (Fsp3) is 0.278. The summed E-state index contributed by atoms with van der Waals surface area (Å²) in [5.41, 5.74) is 1.41. The van der Waals surface area contributed by atoms with Gasteiger partial charge < -0.3 is 14.4 Å². The lowest BCUT2D eigenvalue weighted by Gasteiger charge is -2.22. The number of methoxy groups -OCH3 is 1. The molecule has 0 N–H and O–H groups in total. The van der Waals surface area contributed by atoms with Crippen LogP contribution in [0, 0.1) is 0 Å². The molecule has 1 aliphatic heterocycles. The third-order valence-electron chi connectivity index (χ3n) is 3.88. The Kier molecular flexibility index (Phi) is 4.72. The van der Waals surface area contributed by atoms with Crippen LogP contribution in [-0.2, 0) is 4.74 Å². The molecule has 0 spiro atoms. The van der Waals surface area contributed by atoms with Crippen molar-refractivity contribution in [3.63, 3.8) is 0 Å². The maximum Gasteiger partial charge on any atom is 0.337 e. The number of hydrogen-bond acceptors (Lipinski definition) is 4. The maximum atomic E-state index is 11.8. The highest BCUT2D eigenvalue weighted by Gasteiger charge is 2.20. The van der Waals surface area contributed by atoms with E-state index < -0.39 is 0 Å². The van der Waals surface area contributed by atoms with Gasteiger partial charge in [-0.2, -0.15) is 0 Å². The Hall–Kier alpha value is -2.20. The van der Waals surface area contributed by atoms with Crippen molar-refractivity contribution < 1.29 is 14.3 Å². The number of nitrogens with zero attached hydrogens (tertiary/aromatic N) is 1. The minimum absolute atomic E-state index is 0.352. The lowest BCUT2D eigenvalue weighted by atomic mass is 10.1. The van der Waals surface area contributed by atoms with Crippen LogP contribution in [0.4, 0.5) is 5.69 Å². The summed E-state index contributed by atoms with van der Waals surface area (Å²) in [7, 11) is 1.38. The van der Waals surface area contributed by atoms with Gasteiger partial charge in [-0.1, -0.05) is 23.7 Å². The van der Waals surface area contributed by atoms with Crippen molar-refractivity contribution in [1.82, 2.24) is 0 Å². The Morgan fingerprint density at radius 3 is 2.52 bits per heavy atom. The van der Waals surface area contributed by atoms with Crippen LogP contribution in [0.15, 0.2) is 42.5 Å². The van der Waals surface area contributed by atoms with Crippen LogP contribution in [0.5, 0.6) is 11.5 Å². The van der Waals surface area contributed by atoms with Gasteiger partial charge in [0.1, 0.15) is 5.75 Å². The van der Waals surface area contributed by atoms with Gasteiger partial charge in [0.05, 0.1) is 23.4 Å². The fourth-order valence-electron chi connectivity index (χ4n) is 2.70. The van der Waals surface area contributed by atoms with Crippen molar-refractivity contribution in [2.75, 3.05) is 25.1 Å². The first-order valence-electron chi connectivity index (χ1n) is 7.59. The number of esters is 1. The molecule has 0 saturated carbocycles. The minimum atomic E-state index is -0.352. The van der Waals surface area contributed by atoms with Crippen LogP contribution in [0.25, 0.3) is 0 Å². The molecular formula is C18H18ClNO3. The van der Waals surface area contributed by atoms with Crippen LogP contribution in [0.3, 0.4) is 0 Å². The second-order valence-corrected chi connectivity index (χ2v) is 5.81. The van der Waals surface area contributed by atoms with Gasteiger partial charge in [0.2, 0.25) is 0 Å². The van der Waals surface area contributed by atoms with E-state index in [-0.39, 0.29) is 5.97 Å². The van der Waals surface area contributed by atoms with Crippen LogP contribution < -0.4 is 9.64 Å². The maximum absolute atomic E-state index is 11.8. The summed E-state index contributed by atoms with van der Waals surface area (Å²) in [4.78, 5) is 14.0. The number of benzene rings is 2. The average molecular weight is 332 g/mol. The van der Waals surface area contributed by atoms with Gasteiger partial charge in [-0.15, -0.1) is 0 Å². The quantitative estimate of drug-likeness (QED) is 0.772. The Morgan fingerprint density at radius 2 is 1.83 bits per heavy atom. The van der Waals surface area contributed by atoms with Crippen LogP contribution in [0.1, 0.15) is 23.2 Å². The van der Waals surface area contributed by atoms with Gasteiger partial charge in [0.15, 0.2) is 5.75 Å². The van der Waals surface area contributed by atoms with Gasteiger partial charge in [-0.25, -0.2) is 4.79 Å². The molecule has 0 bridgehead atoms. The van der Waals surface area contributed by atoms with Gasteiger partial charge in [-0.05, 0) is 43.2 Å². The summed E-state index contributed by atoms with van der Waals surface area (Å²) in [6, 6.07) is 12.7. The fourth-order valence-corrected chi connectivity index (χ4v) is 2.87. The molecule has 2 aromatic rings. The van der Waals surface area contributed by atoms with E-state index in [2.05, 4.69) is 4.90 Å². The second-order valence-electron chi connectivity index (χ2n) is 5.40. The van der Waals surface area contributed by atoms with E-state index >= 15 is 0 Å². The molecule has 1 fully saturated rings. The summed E-state index contributed by atoms with van der Waals surface area (Å²) in [5.74, 6) is 0.933. The normalized spacial score (nSPS) is 13.9. The molecular weight excluding hydrogens is 314 g/mol. The smallest absolute Gasteiger partial charge is 0.337 e. The van der Waals surface area contributed by atoms with E-state index in [1.807, 2.05) is 24.3 Å². The summed E-state index contributed by atoms with van der Waals surface area (Å²) < 4.78 is 10.8. The number of ether oxygens (including phenoxy) is 2. The third-order valence-corrected chi connectivity index (χ3v) is 4.20. The largest absolute Gasteiger partial charge is 0.465 e. The highest BCUT2D eigenvalue weighted by molar-refractivity contribution is 6.32. The summed E-state index contributed by atoms with van der Waals surface area (Å²) in [6.07, 6.45) is 2.27. The van der Waals surface area contributed by atoms with E-state index in [4.69, 9.17) is 21.1 Å². The molecule has 3 rings (SSSR count). The molecule has 0 aliphatic carbocycles.